The average Bonchev–Trinajstić information content (AvgIpc) is 2.94. The van der Waals surface area contributed by atoms with Gasteiger partial charge in [-0.15, -0.1) is 0 Å². The van der Waals surface area contributed by atoms with Crippen LogP contribution in [0.1, 0.15) is 63.5 Å². The Kier molecular flexibility index (Phi) is 6.95. The molecule has 0 bridgehead atoms. The Bertz CT molecular complexity index is 365. The van der Waals surface area contributed by atoms with Crippen LogP contribution < -0.4 is 5.32 Å². The van der Waals surface area contributed by atoms with Gasteiger partial charge in [0.25, 0.3) is 0 Å². The second-order valence-electron chi connectivity index (χ2n) is 5.94. The fraction of sp³-hybridized carbons (Fsp3) is 0.667. The molecule has 3 unspecified atom stereocenters. The topological polar surface area (TPSA) is 12.0 Å². The molecular weight excluding hydrogens is 262 g/mol. The molecule has 0 amide bonds. The van der Waals surface area contributed by atoms with Gasteiger partial charge in [0.1, 0.15) is 0 Å². The van der Waals surface area contributed by atoms with Gasteiger partial charge < -0.3 is 5.32 Å². The van der Waals surface area contributed by atoms with Gasteiger partial charge in [-0.2, -0.15) is 11.8 Å². The van der Waals surface area contributed by atoms with E-state index in [0.29, 0.717) is 12.1 Å². The van der Waals surface area contributed by atoms with Crippen LogP contribution in [-0.2, 0) is 0 Å². The number of thioether (sulfide) groups is 1. The van der Waals surface area contributed by atoms with Gasteiger partial charge in [-0.3, -0.25) is 0 Å². The standard InChI is InChI=1S/C18H29NS/c1-3-4-6-12-16(15-10-7-5-8-11-15)19-17-13-9-14-18(17)20-2/h5,7-8,10-11,16-19H,3-4,6,9,12-14H2,1-2H3. The molecule has 0 saturated heterocycles. The Hall–Kier alpha value is -0.470. The van der Waals surface area contributed by atoms with E-state index in [1.807, 2.05) is 11.8 Å². The Labute approximate surface area is 128 Å². The summed E-state index contributed by atoms with van der Waals surface area (Å²) in [7, 11) is 0. The smallest absolute Gasteiger partial charge is 0.0323 e. The van der Waals surface area contributed by atoms with E-state index in [-0.39, 0.29) is 0 Å². The molecule has 1 fully saturated rings. The first-order valence-corrected chi connectivity index (χ1v) is 9.47. The first-order valence-electron chi connectivity index (χ1n) is 8.19. The predicted molar refractivity (Wildman–Crippen MR) is 91.4 cm³/mol. The van der Waals surface area contributed by atoms with Gasteiger partial charge in [-0.25, -0.2) is 0 Å². The highest BCUT2D eigenvalue weighted by Crippen LogP contribution is 2.31. The van der Waals surface area contributed by atoms with Crippen LogP contribution in [0.15, 0.2) is 30.3 Å². The lowest BCUT2D eigenvalue weighted by Crippen LogP contribution is -2.37. The third-order valence-corrected chi connectivity index (χ3v) is 5.64. The van der Waals surface area contributed by atoms with E-state index in [4.69, 9.17) is 0 Å². The highest BCUT2D eigenvalue weighted by Gasteiger charge is 2.28. The molecule has 0 spiro atoms. The molecule has 1 nitrogen and oxygen atoms in total. The van der Waals surface area contributed by atoms with E-state index < -0.39 is 0 Å². The highest BCUT2D eigenvalue weighted by atomic mass is 32.2. The summed E-state index contributed by atoms with van der Waals surface area (Å²) in [6, 6.07) is 12.3. The molecule has 1 aliphatic carbocycles. The summed E-state index contributed by atoms with van der Waals surface area (Å²) in [6.07, 6.45) is 11.6. The van der Waals surface area contributed by atoms with Crippen LogP contribution in [0, 0.1) is 0 Å². The van der Waals surface area contributed by atoms with Crippen LogP contribution in [0.5, 0.6) is 0 Å². The lowest BCUT2D eigenvalue weighted by molar-refractivity contribution is 0.412. The quantitative estimate of drug-likeness (QED) is 0.662. The van der Waals surface area contributed by atoms with Gasteiger partial charge >= 0.3 is 0 Å². The fourth-order valence-corrected chi connectivity index (χ4v) is 4.23. The normalized spacial score (nSPS) is 23.9. The highest BCUT2D eigenvalue weighted by molar-refractivity contribution is 7.99. The summed E-state index contributed by atoms with van der Waals surface area (Å²) in [5.41, 5.74) is 1.47. The van der Waals surface area contributed by atoms with Crippen LogP contribution in [0.4, 0.5) is 0 Å². The number of hydrogen-bond acceptors (Lipinski definition) is 2. The van der Waals surface area contributed by atoms with E-state index in [1.165, 1.54) is 50.5 Å². The first kappa shape index (κ1) is 15.9. The van der Waals surface area contributed by atoms with Crippen LogP contribution in [0.25, 0.3) is 0 Å². The molecule has 1 saturated carbocycles. The van der Waals surface area contributed by atoms with Gasteiger partial charge in [0.2, 0.25) is 0 Å². The Morgan fingerprint density at radius 2 is 2.00 bits per heavy atom. The molecule has 1 aliphatic rings. The van der Waals surface area contributed by atoms with E-state index in [9.17, 15) is 0 Å². The zero-order chi connectivity index (χ0) is 14.2. The van der Waals surface area contributed by atoms with Gasteiger partial charge in [0.15, 0.2) is 0 Å². The minimum atomic E-state index is 0.542. The molecular formula is C18H29NS. The minimum absolute atomic E-state index is 0.542. The second-order valence-corrected chi connectivity index (χ2v) is 7.01. The molecule has 1 N–H and O–H groups in total. The van der Waals surface area contributed by atoms with Crippen molar-refractivity contribution in [3.05, 3.63) is 35.9 Å². The maximum absolute atomic E-state index is 3.97. The van der Waals surface area contributed by atoms with Crippen LogP contribution >= 0.6 is 11.8 Å². The van der Waals surface area contributed by atoms with Crippen molar-refractivity contribution in [3.63, 3.8) is 0 Å². The third kappa shape index (κ3) is 4.53. The summed E-state index contributed by atoms with van der Waals surface area (Å²) in [5.74, 6) is 0. The van der Waals surface area contributed by atoms with Crippen molar-refractivity contribution < 1.29 is 0 Å². The minimum Gasteiger partial charge on any atom is -0.306 e. The van der Waals surface area contributed by atoms with Crippen molar-refractivity contribution >= 4 is 11.8 Å². The average molecular weight is 292 g/mol. The first-order chi connectivity index (χ1) is 9.85. The fourth-order valence-electron chi connectivity index (χ4n) is 3.29. The van der Waals surface area contributed by atoms with E-state index in [2.05, 4.69) is 48.8 Å². The second kappa shape index (κ2) is 8.74. The summed E-state index contributed by atoms with van der Waals surface area (Å²) in [5, 5.41) is 4.78. The van der Waals surface area contributed by atoms with Crippen molar-refractivity contribution in [1.29, 1.82) is 0 Å². The predicted octanol–water partition coefficient (Wildman–Crippen LogP) is 5.18. The van der Waals surface area contributed by atoms with Crippen molar-refractivity contribution in [2.24, 2.45) is 0 Å². The van der Waals surface area contributed by atoms with Crippen LogP contribution in [0.3, 0.4) is 0 Å². The number of benzene rings is 1. The molecule has 0 heterocycles. The number of rotatable bonds is 8. The van der Waals surface area contributed by atoms with Crippen LogP contribution in [0.2, 0.25) is 0 Å². The Morgan fingerprint density at radius 3 is 2.70 bits per heavy atom. The van der Waals surface area contributed by atoms with Crippen molar-refractivity contribution in [2.75, 3.05) is 6.26 Å². The largest absolute Gasteiger partial charge is 0.306 e. The lowest BCUT2D eigenvalue weighted by atomic mass is 9.99. The SMILES string of the molecule is CCCCCC(NC1CCCC1SC)c1ccccc1. The molecule has 2 heteroatoms. The lowest BCUT2D eigenvalue weighted by Gasteiger charge is -2.27. The van der Waals surface area contributed by atoms with Crippen molar-refractivity contribution in [3.8, 4) is 0 Å². The third-order valence-electron chi connectivity index (χ3n) is 4.47. The number of nitrogens with one attached hydrogen (secondary N) is 1. The molecule has 112 valence electrons. The zero-order valence-electron chi connectivity index (χ0n) is 13.0. The maximum atomic E-state index is 3.97. The Morgan fingerprint density at radius 1 is 1.20 bits per heavy atom. The number of hydrogen-bond donors (Lipinski definition) is 1. The zero-order valence-corrected chi connectivity index (χ0v) is 13.8. The summed E-state index contributed by atoms with van der Waals surface area (Å²) < 4.78 is 0. The molecule has 3 atom stereocenters. The van der Waals surface area contributed by atoms with E-state index in [0.717, 1.165) is 5.25 Å². The number of unbranched alkanes of at least 4 members (excludes halogenated alkanes) is 2. The summed E-state index contributed by atoms with van der Waals surface area (Å²) in [6.45, 7) is 2.28. The van der Waals surface area contributed by atoms with E-state index >= 15 is 0 Å². The Balaban J connectivity index is 1.98. The van der Waals surface area contributed by atoms with Crippen molar-refractivity contribution in [1.82, 2.24) is 5.32 Å². The maximum Gasteiger partial charge on any atom is 0.0323 e. The summed E-state index contributed by atoms with van der Waals surface area (Å²) >= 11 is 2.04. The van der Waals surface area contributed by atoms with Gasteiger partial charge in [0, 0.05) is 17.3 Å². The van der Waals surface area contributed by atoms with E-state index in [1.54, 1.807) is 0 Å². The van der Waals surface area contributed by atoms with Crippen LogP contribution in [-0.4, -0.2) is 17.5 Å². The monoisotopic (exact) mass is 291 g/mol. The molecule has 1 aromatic rings. The molecule has 0 radical (unpaired) electrons. The molecule has 0 aliphatic heterocycles. The summed E-state index contributed by atoms with van der Waals surface area (Å²) in [4.78, 5) is 0. The van der Waals surface area contributed by atoms with Crippen molar-refractivity contribution in [2.45, 2.75) is 69.2 Å². The molecule has 1 aromatic carbocycles. The van der Waals surface area contributed by atoms with Gasteiger partial charge in [0.05, 0.1) is 0 Å². The molecule has 20 heavy (non-hydrogen) atoms. The van der Waals surface area contributed by atoms with Gasteiger partial charge in [-0.1, -0.05) is 62.9 Å². The van der Waals surface area contributed by atoms with Gasteiger partial charge in [-0.05, 0) is 31.1 Å². The molecule has 2 rings (SSSR count). The molecule has 0 aromatic heterocycles.